The monoisotopic (exact) mass is 410 g/mol. The van der Waals surface area contributed by atoms with Gasteiger partial charge < -0.3 is 5.32 Å². The summed E-state index contributed by atoms with van der Waals surface area (Å²) in [7, 11) is 0. The molecule has 1 aliphatic heterocycles. The molecule has 0 unspecified atom stereocenters. The Hall–Kier alpha value is -3.66. The highest BCUT2D eigenvalue weighted by Crippen LogP contribution is 2.32. The molecule has 0 aliphatic carbocycles. The summed E-state index contributed by atoms with van der Waals surface area (Å²) in [5, 5.41) is 3.25. The van der Waals surface area contributed by atoms with Gasteiger partial charge in [-0.3, -0.25) is 14.5 Å². The Bertz CT molecular complexity index is 1180. The fourth-order valence-corrected chi connectivity index (χ4v) is 3.99. The average molecular weight is 411 g/mol. The molecule has 1 heterocycles. The number of amides is 2. The lowest BCUT2D eigenvalue weighted by atomic mass is 9.97. The van der Waals surface area contributed by atoms with Crippen LogP contribution in [0.5, 0.6) is 0 Å². The molecule has 0 bridgehead atoms. The molecule has 156 valence electrons. The lowest BCUT2D eigenvalue weighted by Crippen LogP contribution is -2.34. The summed E-state index contributed by atoms with van der Waals surface area (Å²) in [6.45, 7) is 6.34. The predicted octanol–water partition coefficient (Wildman–Crippen LogP) is 5.05. The van der Waals surface area contributed by atoms with Crippen LogP contribution in [0.3, 0.4) is 0 Å². The number of carbonyl (C=O) groups excluding carboxylic acids is 2. The zero-order valence-electron chi connectivity index (χ0n) is 18.1. The van der Waals surface area contributed by atoms with E-state index in [-0.39, 0.29) is 11.8 Å². The molecule has 0 fully saturated rings. The van der Waals surface area contributed by atoms with Crippen molar-refractivity contribution in [2.45, 2.75) is 27.2 Å². The van der Waals surface area contributed by atoms with E-state index in [0.717, 1.165) is 33.5 Å². The smallest absolute Gasteiger partial charge is 0.278 e. The van der Waals surface area contributed by atoms with Crippen molar-refractivity contribution in [2.75, 3.05) is 11.9 Å². The second-order valence-electron chi connectivity index (χ2n) is 8.06. The maximum Gasteiger partial charge on any atom is 0.278 e. The van der Waals surface area contributed by atoms with Crippen LogP contribution < -0.4 is 5.32 Å². The normalized spacial score (nSPS) is 13.8. The van der Waals surface area contributed by atoms with Crippen molar-refractivity contribution in [1.82, 2.24) is 4.90 Å². The first-order valence-electron chi connectivity index (χ1n) is 10.5. The number of hydrogen-bond donors (Lipinski definition) is 1. The second-order valence-corrected chi connectivity index (χ2v) is 8.06. The number of anilines is 1. The van der Waals surface area contributed by atoms with Crippen molar-refractivity contribution in [3.05, 3.63) is 106 Å². The first kappa shape index (κ1) is 20.6. The first-order chi connectivity index (χ1) is 14.9. The summed E-state index contributed by atoms with van der Waals surface area (Å²) in [4.78, 5) is 28.2. The van der Waals surface area contributed by atoms with Crippen molar-refractivity contribution in [1.29, 1.82) is 0 Å². The van der Waals surface area contributed by atoms with Crippen LogP contribution in [0.2, 0.25) is 0 Å². The quantitative estimate of drug-likeness (QED) is 0.579. The van der Waals surface area contributed by atoms with Crippen molar-refractivity contribution in [2.24, 2.45) is 0 Å². The summed E-state index contributed by atoms with van der Waals surface area (Å²) < 4.78 is 0. The van der Waals surface area contributed by atoms with Crippen LogP contribution in [0.1, 0.15) is 27.8 Å². The fourth-order valence-electron chi connectivity index (χ4n) is 3.99. The SMILES string of the molecule is Cc1cccc(NC2=C(c3ccc(C)cc3C)C(=O)N(CCc3ccccc3)C2=O)c1. The Morgan fingerprint density at radius 2 is 1.52 bits per heavy atom. The predicted molar refractivity (Wildman–Crippen MR) is 125 cm³/mol. The number of nitrogens with one attached hydrogen (secondary N) is 1. The highest BCUT2D eigenvalue weighted by atomic mass is 16.2. The number of benzene rings is 3. The molecule has 0 saturated heterocycles. The molecule has 1 aliphatic rings. The number of nitrogens with zero attached hydrogens (tertiary/aromatic N) is 1. The minimum absolute atomic E-state index is 0.247. The van der Waals surface area contributed by atoms with E-state index in [4.69, 9.17) is 0 Å². The summed E-state index contributed by atoms with van der Waals surface area (Å²) in [6.07, 6.45) is 0.621. The van der Waals surface area contributed by atoms with Gasteiger partial charge >= 0.3 is 0 Å². The van der Waals surface area contributed by atoms with E-state index in [9.17, 15) is 9.59 Å². The zero-order chi connectivity index (χ0) is 22.0. The van der Waals surface area contributed by atoms with E-state index in [1.165, 1.54) is 4.90 Å². The maximum atomic E-state index is 13.4. The van der Waals surface area contributed by atoms with Crippen LogP contribution in [0, 0.1) is 20.8 Å². The Kier molecular flexibility index (Phi) is 5.72. The molecular weight excluding hydrogens is 384 g/mol. The van der Waals surface area contributed by atoms with Gasteiger partial charge in [0.1, 0.15) is 5.70 Å². The van der Waals surface area contributed by atoms with Crippen LogP contribution in [-0.2, 0) is 16.0 Å². The molecule has 3 aromatic rings. The Morgan fingerprint density at radius 3 is 2.23 bits per heavy atom. The van der Waals surface area contributed by atoms with Gasteiger partial charge in [-0.2, -0.15) is 0 Å². The lowest BCUT2D eigenvalue weighted by molar-refractivity contribution is -0.136. The van der Waals surface area contributed by atoms with Crippen molar-refractivity contribution in [3.63, 3.8) is 0 Å². The molecule has 1 N–H and O–H groups in total. The minimum Gasteiger partial charge on any atom is -0.350 e. The summed E-state index contributed by atoms with van der Waals surface area (Å²) in [5.41, 5.74) is 6.64. The van der Waals surface area contributed by atoms with E-state index in [1.807, 2.05) is 93.6 Å². The van der Waals surface area contributed by atoms with Gasteiger partial charge in [-0.1, -0.05) is 66.2 Å². The van der Waals surface area contributed by atoms with Gasteiger partial charge in [-0.25, -0.2) is 0 Å². The molecule has 0 spiro atoms. The van der Waals surface area contributed by atoms with Crippen molar-refractivity contribution in [3.8, 4) is 0 Å². The molecule has 0 aromatic heterocycles. The van der Waals surface area contributed by atoms with Crippen LogP contribution in [0.15, 0.2) is 78.5 Å². The van der Waals surface area contributed by atoms with Crippen molar-refractivity contribution >= 4 is 23.1 Å². The third kappa shape index (κ3) is 4.29. The Morgan fingerprint density at radius 1 is 0.774 bits per heavy atom. The maximum absolute atomic E-state index is 13.4. The third-order valence-corrected chi connectivity index (χ3v) is 5.57. The van der Waals surface area contributed by atoms with Crippen LogP contribution in [0.4, 0.5) is 5.69 Å². The second kappa shape index (κ2) is 8.60. The molecule has 4 nitrogen and oxygen atoms in total. The molecule has 3 aromatic carbocycles. The highest BCUT2D eigenvalue weighted by Gasteiger charge is 2.39. The number of rotatable bonds is 6. The zero-order valence-corrected chi connectivity index (χ0v) is 18.1. The van der Waals surface area contributed by atoms with Gasteiger partial charge in [-0.15, -0.1) is 0 Å². The minimum atomic E-state index is -0.280. The number of carbonyl (C=O) groups is 2. The molecule has 2 amide bonds. The summed E-state index contributed by atoms with van der Waals surface area (Å²) in [5.74, 6) is -0.527. The van der Waals surface area contributed by atoms with E-state index in [1.54, 1.807) is 0 Å². The number of aryl methyl sites for hydroxylation is 3. The van der Waals surface area contributed by atoms with Gasteiger partial charge in [0, 0.05) is 12.2 Å². The number of imide groups is 1. The summed E-state index contributed by atoms with van der Waals surface area (Å²) >= 11 is 0. The van der Waals surface area contributed by atoms with E-state index < -0.39 is 0 Å². The fraction of sp³-hybridized carbons (Fsp3) is 0.185. The summed E-state index contributed by atoms with van der Waals surface area (Å²) in [6, 6.07) is 23.7. The Labute approximate surface area is 183 Å². The topological polar surface area (TPSA) is 49.4 Å². The highest BCUT2D eigenvalue weighted by molar-refractivity contribution is 6.36. The molecular formula is C27H26N2O2. The van der Waals surface area contributed by atoms with Crippen LogP contribution in [0.25, 0.3) is 5.57 Å². The number of hydrogen-bond acceptors (Lipinski definition) is 3. The third-order valence-electron chi connectivity index (χ3n) is 5.57. The van der Waals surface area contributed by atoms with Gasteiger partial charge in [0.15, 0.2) is 0 Å². The van der Waals surface area contributed by atoms with Gasteiger partial charge in [-0.05, 0) is 61.6 Å². The van der Waals surface area contributed by atoms with Gasteiger partial charge in [0.2, 0.25) is 0 Å². The van der Waals surface area contributed by atoms with Gasteiger partial charge in [0.05, 0.1) is 5.57 Å². The molecule has 31 heavy (non-hydrogen) atoms. The van der Waals surface area contributed by atoms with E-state index in [2.05, 4.69) is 5.32 Å². The molecule has 0 saturated carbocycles. The van der Waals surface area contributed by atoms with Crippen molar-refractivity contribution < 1.29 is 9.59 Å². The molecule has 4 rings (SSSR count). The average Bonchev–Trinajstić information content (AvgIpc) is 2.97. The largest absolute Gasteiger partial charge is 0.350 e. The molecule has 0 radical (unpaired) electrons. The first-order valence-corrected chi connectivity index (χ1v) is 10.5. The Balaban J connectivity index is 1.71. The molecule has 4 heteroatoms. The van der Waals surface area contributed by atoms with E-state index in [0.29, 0.717) is 24.2 Å². The van der Waals surface area contributed by atoms with Crippen LogP contribution in [-0.4, -0.2) is 23.3 Å². The molecule has 0 atom stereocenters. The van der Waals surface area contributed by atoms with Crippen LogP contribution >= 0.6 is 0 Å². The van der Waals surface area contributed by atoms with E-state index >= 15 is 0 Å². The lowest BCUT2D eigenvalue weighted by Gasteiger charge is -2.15. The van der Waals surface area contributed by atoms with Gasteiger partial charge in [0.25, 0.3) is 11.8 Å². The standard InChI is InChI=1S/C27H26N2O2/c1-18-8-7-11-22(17-18)28-25-24(23-13-12-19(2)16-20(23)3)26(30)29(27(25)31)15-14-21-9-5-4-6-10-21/h4-13,16-17,28H,14-15H2,1-3H3.